The smallest absolute Gasteiger partial charge is 0.322 e. The van der Waals surface area contributed by atoms with E-state index in [0.29, 0.717) is 6.42 Å². The second-order valence-electron chi connectivity index (χ2n) is 5.95. The van der Waals surface area contributed by atoms with E-state index in [1.807, 2.05) is 65.6 Å². The number of para-hydroxylation sites is 1. The zero-order chi connectivity index (χ0) is 16.1. The molecule has 0 unspecified atom stereocenters. The molecule has 1 fully saturated rings. The van der Waals surface area contributed by atoms with E-state index in [4.69, 9.17) is 0 Å². The fourth-order valence-corrected chi connectivity index (χ4v) is 3.13. The summed E-state index contributed by atoms with van der Waals surface area (Å²) in [7, 11) is 0. The molecule has 2 amide bonds. The van der Waals surface area contributed by atoms with Gasteiger partial charge in [0.15, 0.2) is 0 Å². The van der Waals surface area contributed by atoms with Gasteiger partial charge in [0.05, 0.1) is 6.10 Å². The van der Waals surface area contributed by atoms with Gasteiger partial charge in [0.1, 0.15) is 0 Å². The Bertz CT molecular complexity index is 630. The summed E-state index contributed by atoms with van der Waals surface area (Å²) in [6.07, 6.45) is 1.96. The fourth-order valence-electron chi connectivity index (χ4n) is 3.13. The Labute approximate surface area is 136 Å². The molecule has 3 rings (SSSR count). The van der Waals surface area contributed by atoms with E-state index in [-0.39, 0.29) is 12.1 Å². The molecule has 0 bridgehead atoms. The standard InChI is InChI=1S/C19H22N2O2/c22-18(15-8-3-1-4-9-15)14-17-12-7-13-21(17)19(23)20-16-10-5-2-6-11-16/h1-6,8-11,17-18,22H,7,12-14H2,(H,20,23)/t17-,18-/m0/s1. The zero-order valence-electron chi connectivity index (χ0n) is 13.1. The van der Waals surface area contributed by atoms with Gasteiger partial charge >= 0.3 is 6.03 Å². The highest BCUT2D eigenvalue weighted by Gasteiger charge is 2.30. The van der Waals surface area contributed by atoms with Gasteiger partial charge in [-0.25, -0.2) is 4.79 Å². The average Bonchev–Trinajstić information content (AvgIpc) is 3.05. The zero-order valence-corrected chi connectivity index (χ0v) is 13.1. The predicted molar refractivity (Wildman–Crippen MR) is 91.2 cm³/mol. The molecule has 120 valence electrons. The average molecular weight is 310 g/mol. The molecule has 0 aliphatic carbocycles. The van der Waals surface area contributed by atoms with Crippen molar-refractivity contribution in [3.63, 3.8) is 0 Å². The molecule has 1 aliphatic rings. The van der Waals surface area contributed by atoms with Crippen molar-refractivity contribution in [1.82, 2.24) is 4.90 Å². The summed E-state index contributed by atoms with van der Waals surface area (Å²) in [5.74, 6) is 0. The number of hydrogen-bond acceptors (Lipinski definition) is 2. The van der Waals surface area contributed by atoms with Crippen LogP contribution in [0.3, 0.4) is 0 Å². The Balaban J connectivity index is 1.62. The highest BCUT2D eigenvalue weighted by atomic mass is 16.3. The van der Waals surface area contributed by atoms with Crippen LogP contribution < -0.4 is 5.32 Å². The number of hydrogen-bond donors (Lipinski definition) is 2. The topological polar surface area (TPSA) is 52.6 Å². The van der Waals surface area contributed by atoms with Crippen LogP contribution >= 0.6 is 0 Å². The monoisotopic (exact) mass is 310 g/mol. The summed E-state index contributed by atoms with van der Waals surface area (Å²) in [4.78, 5) is 14.3. The lowest BCUT2D eigenvalue weighted by Gasteiger charge is -2.27. The van der Waals surface area contributed by atoms with Crippen molar-refractivity contribution in [2.24, 2.45) is 0 Å². The molecule has 0 saturated carbocycles. The van der Waals surface area contributed by atoms with E-state index in [1.165, 1.54) is 0 Å². The van der Waals surface area contributed by atoms with E-state index in [0.717, 1.165) is 30.6 Å². The van der Waals surface area contributed by atoms with Crippen molar-refractivity contribution in [2.75, 3.05) is 11.9 Å². The number of benzene rings is 2. The van der Waals surface area contributed by atoms with Crippen LogP contribution in [-0.4, -0.2) is 28.6 Å². The van der Waals surface area contributed by atoms with Crippen LogP contribution in [0.25, 0.3) is 0 Å². The lowest BCUT2D eigenvalue weighted by atomic mass is 10.0. The van der Waals surface area contributed by atoms with E-state index in [1.54, 1.807) is 0 Å². The summed E-state index contributed by atoms with van der Waals surface area (Å²) >= 11 is 0. The van der Waals surface area contributed by atoms with E-state index >= 15 is 0 Å². The second kappa shape index (κ2) is 7.29. The maximum atomic E-state index is 12.5. The molecule has 2 N–H and O–H groups in total. The molecule has 1 aliphatic heterocycles. The van der Waals surface area contributed by atoms with Gasteiger partial charge in [-0.05, 0) is 37.0 Å². The Hall–Kier alpha value is -2.33. The molecule has 2 aromatic carbocycles. The maximum Gasteiger partial charge on any atom is 0.322 e. The predicted octanol–water partition coefficient (Wildman–Crippen LogP) is 3.81. The summed E-state index contributed by atoms with van der Waals surface area (Å²) in [6.45, 7) is 0.741. The van der Waals surface area contributed by atoms with Gasteiger partial charge in [-0.1, -0.05) is 48.5 Å². The molecular weight excluding hydrogens is 288 g/mol. The van der Waals surface area contributed by atoms with Crippen LogP contribution in [0.15, 0.2) is 60.7 Å². The Morgan fingerprint density at radius 1 is 1.13 bits per heavy atom. The number of likely N-dealkylation sites (tertiary alicyclic amines) is 1. The molecule has 2 atom stereocenters. The normalized spacial score (nSPS) is 18.7. The number of urea groups is 1. The molecule has 4 heteroatoms. The minimum atomic E-state index is -0.536. The molecule has 23 heavy (non-hydrogen) atoms. The summed E-state index contributed by atoms with van der Waals surface area (Å²) in [5.41, 5.74) is 1.70. The van der Waals surface area contributed by atoms with Crippen molar-refractivity contribution in [2.45, 2.75) is 31.4 Å². The Morgan fingerprint density at radius 2 is 1.78 bits per heavy atom. The van der Waals surface area contributed by atoms with Crippen LogP contribution in [0.5, 0.6) is 0 Å². The van der Waals surface area contributed by atoms with Crippen molar-refractivity contribution in [1.29, 1.82) is 0 Å². The van der Waals surface area contributed by atoms with Crippen molar-refractivity contribution in [3.05, 3.63) is 66.2 Å². The van der Waals surface area contributed by atoms with E-state index in [9.17, 15) is 9.90 Å². The molecule has 0 spiro atoms. The number of nitrogens with one attached hydrogen (secondary N) is 1. The van der Waals surface area contributed by atoms with Crippen LogP contribution in [0, 0.1) is 0 Å². The van der Waals surface area contributed by atoms with Gasteiger partial charge < -0.3 is 15.3 Å². The summed E-state index contributed by atoms with van der Waals surface area (Å²) < 4.78 is 0. The largest absolute Gasteiger partial charge is 0.388 e. The van der Waals surface area contributed by atoms with Gasteiger partial charge in [0.2, 0.25) is 0 Å². The minimum absolute atomic E-state index is 0.0777. The lowest BCUT2D eigenvalue weighted by Crippen LogP contribution is -2.39. The van der Waals surface area contributed by atoms with E-state index < -0.39 is 6.10 Å². The number of aliphatic hydroxyl groups excluding tert-OH is 1. The molecule has 2 aromatic rings. The third-order valence-corrected chi connectivity index (χ3v) is 4.34. The second-order valence-corrected chi connectivity index (χ2v) is 5.95. The van der Waals surface area contributed by atoms with E-state index in [2.05, 4.69) is 5.32 Å². The molecule has 0 radical (unpaired) electrons. The SMILES string of the molecule is O=C(Nc1ccccc1)N1CCC[C@H]1C[C@H](O)c1ccccc1. The number of carbonyl (C=O) groups excluding carboxylic acids is 1. The number of amides is 2. The fraction of sp³-hybridized carbons (Fsp3) is 0.316. The first-order chi connectivity index (χ1) is 11.2. The number of anilines is 1. The number of nitrogens with zero attached hydrogens (tertiary/aromatic N) is 1. The molecule has 0 aromatic heterocycles. The first kappa shape index (κ1) is 15.6. The number of aliphatic hydroxyl groups is 1. The molecular formula is C19H22N2O2. The third kappa shape index (κ3) is 3.90. The van der Waals surface area contributed by atoms with Crippen LogP contribution in [0.4, 0.5) is 10.5 Å². The quantitative estimate of drug-likeness (QED) is 0.902. The Morgan fingerprint density at radius 3 is 2.48 bits per heavy atom. The highest BCUT2D eigenvalue weighted by Crippen LogP contribution is 2.27. The van der Waals surface area contributed by atoms with Crippen molar-refractivity contribution >= 4 is 11.7 Å². The summed E-state index contributed by atoms with van der Waals surface area (Å²) in [5, 5.41) is 13.3. The van der Waals surface area contributed by atoms with Gasteiger partial charge in [0, 0.05) is 18.3 Å². The van der Waals surface area contributed by atoms with Crippen molar-refractivity contribution in [3.8, 4) is 0 Å². The molecule has 1 heterocycles. The Kier molecular flexibility index (Phi) is 4.93. The van der Waals surface area contributed by atoms with Crippen LogP contribution in [0.2, 0.25) is 0 Å². The molecule has 1 saturated heterocycles. The van der Waals surface area contributed by atoms with Crippen LogP contribution in [0.1, 0.15) is 30.9 Å². The van der Waals surface area contributed by atoms with Gasteiger partial charge in [-0.2, -0.15) is 0 Å². The maximum absolute atomic E-state index is 12.5. The lowest BCUT2D eigenvalue weighted by molar-refractivity contribution is 0.130. The molecule has 4 nitrogen and oxygen atoms in total. The highest BCUT2D eigenvalue weighted by molar-refractivity contribution is 5.89. The summed E-state index contributed by atoms with van der Waals surface area (Å²) in [6, 6.07) is 19.1. The van der Waals surface area contributed by atoms with Crippen LogP contribution in [-0.2, 0) is 0 Å². The van der Waals surface area contributed by atoms with Gasteiger partial charge in [0.25, 0.3) is 0 Å². The third-order valence-electron chi connectivity index (χ3n) is 4.34. The number of carbonyl (C=O) groups is 1. The van der Waals surface area contributed by atoms with Crippen molar-refractivity contribution < 1.29 is 9.90 Å². The van der Waals surface area contributed by atoms with Gasteiger partial charge in [-0.3, -0.25) is 0 Å². The first-order valence-corrected chi connectivity index (χ1v) is 8.10. The minimum Gasteiger partial charge on any atom is -0.388 e. The first-order valence-electron chi connectivity index (χ1n) is 8.10. The number of rotatable bonds is 4. The van der Waals surface area contributed by atoms with Gasteiger partial charge in [-0.15, -0.1) is 0 Å².